The second kappa shape index (κ2) is 7.60. The predicted octanol–water partition coefficient (Wildman–Crippen LogP) is 2.80. The summed E-state index contributed by atoms with van der Waals surface area (Å²) in [6.07, 6.45) is 2.15. The second-order valence-electron chi connectivity index (χ2n) is 5.45. The maximum absolute atomic E-state index is 14.2. The standard InChI is InChI=1S/C16H25FN2O/c1-3-18-11-14-4-5-16(15(17)10-14)19-8-6-13(7-9-19)12-20-2/h4-5,10,13,18H,3,6-9,11-12H2,1-2H3. The Morgan fingerprint density at radius 2 is 2.10 bits per heavy atom. The first kappa shape index (κ1) is 15.3. The van der Waals surface area contributed by atoms with E-state index in [0.717, 1.165) is 56.9 Å². The van der Waals surface area contributed by atoms with Gasteiger partial charge in [0.1, 0.15) is 5.82 Å². The Labute approximate surface area is 121 Å². The van der Waals surface area contributed by atoms with Crippen molar-refractivity contribution in [2.45, 2.75) is 26.3 Å². The molecule has 0 unspecified atom stereocenters. The van der Waals surface area contributed by atoms with Crippen LogP contribution in [0, 0.1) is 11.7 Å². The van der Waals surface area contributed by atoms with E-state index in [0.29, 0.717) is 5.92 Å². The van der Waals surface area contributed by atoms with Gasteiger partial charge in [0, 0.05) is 33.4 Å². The van der Waals surface area contributed by atoms with Gasteiger partial charge in [-0.15, -0.1) is 0 Å². The molecule has 4 heteroatoms. The number of anilines is 1. The van der Waals surface area contributed by atoms with Gasteiger partial charge in [0.2, 0.25) is 0 Å². The smallest absolute Gasteiger partial charge is 0.146 e. The van der Waals surface area contributed by atoms with Gasteiger partial charge >= 0.3 is 0 Å². The summed E-state index contributed by atoms with van der Waals surface area (Å²) in [5.41, 5.74) is 1.74. The first-order valence-corrected chi connectivity index (χ1v) is 7.47. The SMILES string of the molecule is CCNCc1ccc(N2CCC(COC)CC2)c(F)c1. The molecule has 20 heavy (non-hydrogen) atoms. The second-order valence-corrected chi connectivity index (χ2v) is 5.45. The third-order valence-corrected chi connectivity index (χ3v) is 3.95. The molecule has 1 saturated heterocycles. The number of halogens is 1. The van der Waals surface area contributed by atoms with Crippen LogP contribution in [-0.2, 0) is 11.3 Å². The first-order valence-electron chi connectivity index (χ1n) is 7.47. The van der Waals surface area contributed by atoms with E-state index in [1.165, 1.54) is 0 Å². The molecule has 0 spiro atoms. The zero-order valence-electron chi connectivity index (χ0n) is 12.5. The van der Waals surface area contributed by atoms with Gasteiger partial charge in [-0.05, 0) is 43.0 Å². The average Bonchev–Trinajstić information content (AvgIpc) is 2.47. The molecule has 0 atom stereocenters. The Hall–Kier alpha value is -1.13. The molecule has 0 aliphatic carbocycles. The Balaban J connectivity index is 1.96. The number of hydrogen-bond donors (Lipinski definition) is 1. The van der Waals surface area contributed by atoms with Crippen molar-refractivity contribution < 1.29 is 9.13 Å². The minimum Gasteiger partial charge on any atom is -0.384 e. The Morgan fingerprint density at radius 3 is 2.70 bits per heavy atom. The van der Waals surface area contributed by atoms with Crippen LogP contribution >= 0.6 is 0 Å². The monoisotopic (exact) mass is 280 g/mol. The van der Waals surface area contributed by atoms with E-state index < -0.39 is 0 Å². The maximum Gasteiger partial charge on any atom is 0.146 e. The normalized spacial score (nSPS) is 16.6. The molecule has 1 fully saturated rings. The molecule has 0 bridgehead atoms. The average molecular weight is 280 g/mol. The van der Waals surface area contributed by atoms with E-state index in [-0.39, 0.29) is 5.82 Å². The molecule has 1 N–H and O–H groups in total. The number of ether oxygens (including phenoxy) is 1. The highest BCUT2D eigenvalue weighted by Crippen LogP contribution is 2.26. The fraction of sp³-hybridized carbons (Fsp3) is 0.625. The predicted molar refractivity (Wildman–Crippen MR) is 80.6 cm³/mol. The molecule has 1 aromatic rings. The number of methoxy groups -OCH3 is 1. The van der Waals surface area contributed by atoms with Crippen molar-refractivity contribution in [3.05, 3.63) is 29.6 Å². The fourth-order valence-corrected chi connectivity index (χ4v) is 2.76. The molecule has 0 saturated carbocycles. The van der Waals surface area contributed by atoms with Crippen LogP contribution in [0.1, 0.15) is 25.3 Å². The van der Waals surface area contributed by atoms with E-state index in [2.05, 4.69) is 17.1 Å². The molecule has 0 amide bonds. The lowest BCUT2D eigenvalue weighted by atomic mass is 9.97. The molecular formula is C16H25FN2O. The number of piperidine rings is 1. The number of hydrogen-bond acceptors (Lipinski definition) is 3. The maximum atomic E-state index is 14.2. The van der Waals surface area contributed by atoms with Gasteiger partial charge in [-0.1, -0.05) is 13.0 Å². The lowest BCUT2D eigenvalue weighted by Crippen LogP contribution is -2.35. The lowest BCUT2D eigenvalue weighted by Gasteiger charge is -2.33. The van der Waals surface area contributed by atoms with Crippen molar-refractivity contribution >= 4 is 5.69 Å². The Bertz CT molecular complexity index is 417. The van der Waals surface area contributed by atoms with Crippen LogP contribution in [0.15, 0.2) is 18.2 Å². The van der Waals surface area contributed by atoms with E-state index in [1.807, 2.05) is 12.1 Å². The van der Waals surface area contributed by atoms with Crippen LogP contribution in [0.5, 0.6) is 0 Å². The van der Waals surface area contributed by atoms with Crippen molar-refractivity contribution in [2.24, 2.45) is 5.92 Å². The first-order chi connectivity index (χ1) is 9.74. The summed E-state index contributed by atoms with van der Waals surface area (Å²) in [6, 6.07) is 5.58. The molecule has 1 aliphatic rings. The van der Waals surface area contributed by atoms with Gasteiger partial charge in [-0.2, -0.15) is 0 Å². The minimum absolute atomic E-state index is 0.106. The van der Waals surface area contributed by atoms with Gasteiger partial charge < -0.3 is 15.0 Å². The highest BCUT2D eigenvalue weighted by Gasteiger charge is 2.21. The van der Waals surface area contributed by atoms with Crippen molar-refractivity contribution in [3.63, 3.8) is 0 Å². The molecule has 112 valence electrons. The highest BCUT2D eigenvalue weighted by molar-refractivity contribution is 5.49. The van der Waals surface area contributed by atoms with Crippen molar-refractivity contribution in [1.29, 1.82) is 0 Å². The molecule has 1 heterocycles. The van der Waals surface area contributed by atoms with E-state index in [4.69, 9.17) is 4.74 Å². The van der Waals surface area contributed by atoms with Crippen LogP contribution in [0.25, 0.3) is 0 Å². The molecular weight excluding hydrogens is 255 g/mol. The van der Waals surface area contributed by atoms with Gasteiger partial charge in [0.15, 0.2) is 0 Å². The number of nitrogens with zero attached hydrogens (tertiary/aromatic N) is 1. The summed E-state index contributed by atoms with van der Waals surface area (Å²) >= 11 is 0. The van der Waals surface area contributed by atoms with Crippen molar-refractivity contribution in [3.8, 4) is 0 Å². The number of benzene rings is 1. The van der Waals surface area contributed by atoms with Crippen LogP contribution in [0.3, 0.4) is 0 Å². The zero-order valence-corrected chi connectivity index (χ0v) is 12.5. The van der Waals surface area contributed by atoms with Gasteiger partial charge in [-0.25, -0.2) is 4.39 Å². The zero-order chi connectivity index (χ0) is 14.4. The van der Waals surface area contributed by atoms with Gasteiger partial charge in [0.25, 0.3) is 0 Å². The van der Waals surface area contributed by atoms with E-state index in [9.17, 15) is 4.39 Å². The third kappa shape index (κ3) is 3.93. The van der Waals surface area contributed by atoms with E-state index in [1.54, 1.807) is 13.2 Å². The van der Waals surface area contributed by atoms with Gasteiger partial charge in [0.05, 0.1) is 5.69 Å². The van der Waals surface area contributed by atoms with Crippen LogP contribution < -0.4 is 10.2 Å². The molecule has 0 radical (unpaired) electrons. The molecule has 0 aromatic heterocycles. The van der Waals surface area contributed by atoms with E-state index >= 15 is 0 Å². The Kier molecular flexibility index (Phi) is 5.80. The summed E-state index contributed by atoms with van der Waals surface area (Å²) in [5, 5.41) is 3.22. The van der Waals surface area contributed by atoms with Crippen LogP contribution in [0.2, 0.25) is 0 Å². The largest absolute Gasteiger partial charge is 0.384 e. The topological polar surface area (TPSA) is 24.5 Å². The quantitative estimate of drug-likeness (QED) is 0.867. The molecule has 3 nitrogen and oxygen atoms in total. The molecule has 1 aliphatic heterocycles. The summed E-state index contributed by atoms with van der Waals surface area (Å²) < 4.78 is 19.4. The van der Waals surface area contributed by atoms with Crippen molar-refractivity contribution in [1.82, 2.24) is 5.32 Å². The molecule has 1 aromatic carbocycles. The Morgan fingerprint density at radius 1 is 1.35 bits per heavy atom. The fourth-order valence-electron chi connectivity index (χ4n) is 2.76. The summed E-state index contributed by atoms with van der Waals surface area (Å²) in [5.74, 6) is 0.512. The number of rotatable bonds is 6. The highest BCUT2D eigenvalue weighted by atomic mass is 19.1. The summed E-state index contributed by atoms with van der Waals surface area (Å²) in [4.78, 5) is 2.15. The minimum atomic E-state index is -0.106. The third-order valence-electron chi connectivity index (χ3n) is 3.95. The van der Waals surface area contributed by atoms with Crippen LogP contribution in [-0.4, -0.2) is 33.4 Å². The van der Waals surface area contributed by atoms with Crippen LogP contribution in [0.4, 0.5) is 10.1 Å². The lowest BCUT2D eigenvalue weighted by molar-refractivity contribution is 0.139. The van der Waals surface area contributed by atoms with Crippen molar-refractivity contribution in [2.75, 3.05) is 38.3 Å². The number of nitrogens with one attached hydrogen (secondary N) is 1. The van der Waals surface area contributed by atoms with Gasteiger partial charge in [-0.3, -0.25) is 0 Å². The summed E-state index contributed by atoms with van der Waals surface area (Å²) in [6.45, 7) is 6.32. The summed E-state index contributed by atoms with van der Waals surface area (Å²) in [7, 11) is 1.75. The molecule has 2 rings (SSSR count).